The number of fused-ring (bicyclic) bond motifs is 7. The Morgan fingerprint density at radius 1 is 0.800 bits per heavy atom. The molecule has 1 atom stereocenters. The van der Waals surface area contributed by atoms with Crippen LogP contribution in [-0.4, -0.2) is 16.7 Å². The number of aromatic nitrogens is 1. The second-order valence-corrected chi connectivity index (χ2v) is 13.8. The smallest absolute Gasteiger partial charge is 0.153 e. The largest absolute Gasteiger partial charge is 0.367 e. The maximum Gasteiger partial charge on any atom is 0.153 e. The summed E-state index contributed by atoms with van der Waals surface area (Å²) in [6, 6.07) is 21.0. The molecule has 1 aliphatic rings. The van der Waals surface area contributed by atoms with Crippen LogP contribution in [0.15, 0.2) is 70.5 Å². The van der Waals surface area contributed by atoms with E-state index < -0.39 is 19.0 Å². The van der Waals surface area contributed by atoms with E-state index in [4.69, 9.17) is 0 Å². The second kappa shape index (κ2) is 4.93. The first-order chi connectivity index (χ1) is 12.0. The minimum absolute atomic E-state index is 0.942. The van der Waals surface area contributed by atoms with Crippen LogP contribution in [0.25, 0.3) is 32.9 Å². The van der Waals surface area contributed by atoms with Crippen molar-refractivity contribution in [3.8, 4) is 11.1 Å². The van der Waals surface area contributed by atoms with Crippen molar-refractivity contribution >= 4 is 40.8 Å². The highest BCUT2D eigenvalue weighted by Gasteiger charge is 2.32. The van der Waals surface area contributed by atoms with E-state index in [9.17, 15) is 4.21 Å². The third kappa shape index (κ3) is 1.92. The predicted molar refractivity (Wildman–Crippen MR) is 108 cm³/mol. The molecule has 3 aromatic carbocycles. The zero-order chi connectivity index (χ0) is 17.3. The zero-order valence-corrected chi connectivity index (χ0v) is 16.4. The molecule has 1 aliphatic heterocycles. The number of nitrogens with zero attached hydrogens (tertiary/aromatic N) is 1. The summed E-state index contributed by atoms with van der Waals surface area (Å²) in [5.41, 5.74) is 4.68. The maximum absolute atomic E-state index is 13.4. The third-order valence-electron chi connectivity index (χ3n) is 5.02. The average molecular weight is 362 g/mol. The molecule has 2 heterocycles. The summed E-state index contributed by atoms with van der Waals surface area (Å²) in [5, 5.41) is 2.48. The molecule has 4 aromatic rings. The van der Waals surface area contributed by atoms with Gasteiger partial charge in [-0.3, -0.25) is 0 Å². The van der Waals surface area contributed by atoms with E-state index in [-0.39, 0.29) is 0 Å². The van der Waals surface area contributed by atoms with Gasteiger partial charge in [-0.2, -0.15) is 0 Å². The molecule has 0 aliphatic carbocycles. The number of hydrogen-bond acceptors (Lipinski definition) is 1. The Kier molecular flexibility index (Phi) is 2.98. The molecule has 25 heavy (non-hydrogen) atoms. The molecule has 2 nitrogen and oxygen atoms in total. The zero-order valence-electron chi connectivity index (χ0n) is 14.5. The van der Waals surface area contributed by atoms with Crippen molar-refractivity contribution in [1.29, 1.82) is 0 Å². The van der Waals surface area contributed by atoms with Crippen LogP contribution < -0.4 is 0 Å². The Morgan fingerprint density at radius 2 is 1.52 bits per heavy atom. The third-order valence-corrected chi connectivity index (χ3v) is 8.37. The van der Waals surface area contributed by atoms with Crippen LogP contribution in [0.5, 0.6) is 0 Å². The number of benzene rings is 3. The summed E-state index contributed by atoms with van der Waals surface area (Å²) >= 11 is 0. The van der Waals surface area contributed by atoms with Gasteiger partial charge in [-0.05, 0) is 17.7 Å². The molecule has 0 saturated heterocycles. The number of rotatable bonds is 1. The van der Waals surface area contributed by atoms with Gasteiger partial charge in [0.1, 0.15) is 0 Å². The minimum atomic E-state index is -1.70. The molecule has 0 amide bonds. The highest BCUT2D eigenvalue weighted by atomic mass is 32.2. The van der Waals surface area contributed by atoms with Crippen molar-refractivity contribution in [3.63, 3.8) is 0 Å². The van der Waals surface area contributed by atoms with Crippen molar-refractivity contribution in [2.24, 2.45) is 0 Å². The summed E-state index contributed by atoms with van der Waals surface area (Å²) in [6.45, 7) is 7.05. The van der Waals surface area contributed by atoms with Gasteiger partial charge in [0.2, 0.25) is 0 Å². The Balaban J connectivity index is 2.04. The fourth-order valence-corrected chi connectivity index (χ4v) is 7.54. The standard InChI is InChI=1S/C21H19NOSSi/c1-25(2,3)22-18-10-6-4-8-14(18)16-12-13-17-15-9-5-7-11-19(15)24(23)21(17)20(16)22/h4-13H,1-3H3. The van der Waals surface area contributed by atoms with Crippen molar-refractivity contribution < 1.29 is 4.21 Å². The topological polar surface area (TPSA) is 22.0 Å². The summed E-state index contributed by atoms with van der Waals surface area (Å²) in [4.78, 5) is 1.94. The van der Waals surface area contributed by atoms with Gasteiger partial charge in [0.25, 0.3) is 0 Å². The quantitative estimate of drug-likeness (QED) is 0.355. The van der Waals surface area contributed by atoms with Crippen LogP contribution in [-0.2, 0) is 10.8 Å². The normalized spacial score (nSPS) is 16.4. The van der Waals surface area contributed by atoms with E-state index >= 15 is 0 Å². The van der Waals surface area contributed by atoms with Crippen LogP contribution >= 0.6 is 0 Å². The van der Waals surface area contributed by atoms with Gasteiger partial charge in [-0.15, -0.1) is 0 Å². The second-order valence-electron chi connectivity index (χ2n) is 7.63. The van der Waals surface area contributed by atoms with Crippen LogP contribution in [0.3, 0.4) is 0 Å². The highest BCUT2D eigenvalue weighted by Crippen LogP contribution is 2.46. The fraction of sp³-hybridized carbons (Fsp3) is 0.143. The SMILES string of the molecule is C[Si](C)(C)n1c2ccccc2c2ccc3c(c21)S(=O)c1ccccc1-3. The van der Waals surface area contributed by atoms with E-state index in [0.717, 1.165) is 20.9 Å². The Labute approximate surface area is 150 Å². The average Bonchev–Trinajstić information content (AvgIpc) is 3.08. The molecule has 0 spiro atoms. The molecule has 1 aromatic heterocycles. The monoisotopic (exact) mass is 361 g/mol. The lowest BCUT2D eigenvalue weighted by molar-refractivity contribution is 0.685. The van der Waals surface area contributed by atoms with Crippen LogP contribution in [0.4, 0.5) is 0 Å². The fourth-order valence-electron chi connectivity index (χ4n) is 4.08. The van der Waals surface area contributed by atoms with Crippen molar-refractivity contribution in [1.82, 2.24) is 4.23 Å². The van der Waals surface area contributed by atoms with E-state index in [0.29, 0.717) is 0 Å². The van der Waals surface area contributed by atoms with Crippen LogP contribution in [0.2, 0.25) is 19.6 Å². The van der Waals surface area contributed by atoms with Gasteiger partial charge in [0.15, 0.2) is 8.24 Å². The molecule has 1 unspecified atom stereocenters. The molecule has 5 rings (SSSR count). The Hall–Kier alpha value is -2.17. The van der Waals surface area contributed by atoms with E-state index in [1.165, 1.54) is 21.8 Å². The molecular formula is C21H19NOSSi. The van der Waals surface area contributed by atoms with Crippen LogP contribution in [0, 0.1) is 0 Å². The minimum Gasteiger partial charge on any atom is -0.367 e. The van der Waals surface area contributed by atoms with Gasteiger partial charge in [0.05, 0.1) is 26.1 Å². The van der Waals surface area contributed by atoms with Gasteiger partial charge >= 0.3 is 0 Å². The van der Waals surface area contributed by atoms with Crippen molar-refractivity contribution in [2.75, 3.05) is 0 Å². The molecule has 4 heteroatoms. The molecule has 0 fully saturated rings. The van der Waals surface area contributed by atoms with E-state index in [2.05, 4.69) is 66.3 Å². The predicted octanol–water partition coefficient (Wildman–Crippen LogP) is 5.62. The van der Waals surface area contributed by atoms with Crippen molar-refractivity contribution in [3.05, 3.63) is 60.7 Å². The number of para-hydroxylation sites is 1. The lowest BCUT2D eigenvalue weighted by atomic mass is 10.0. The first-order valence-electron chi connectivity index (χ1n) is 8.56. The van der Waals surface area contributed by atoms with Gasteiger partial charge in [-0.1, -0.05) is 68.2 Å². The molecule has 0 bridgehead atoms. The maximum atomic E-state index is 13.4. The summed E-state index contributed by atoms with van der Waals surface area (Å²) in [7, 11) is -2.82. The summed E-state index contributed by atoms with van der Waals surface area (Å²) < 4.78 is 15.9. The van der Waals surface area contributed by atoms with Gasteiger partial charge in [-0.25, -0.2) is 4.21 Å². The van der Waals surface area contributed by atoms with E-state index in [1.54, 1.807) is 0 Å². The first-order valence-corrected chi connectivity index (χ1v) is 13.2. The van der Waals surface area contributed by atoms with Gasteiger partial charge < -0.3 is 4.23 Å². The van der Waals surface area contributed by atoms with Gasteiger partial charge in [0, 0.05) is 21.9 Å². The number of hydrogen-bond donors (Lipinski definition) is 0. The van der Waals surface area contributed by atoms with E-state index in [1.807, 2.05) is 18.2 Å². The lowest BCUT2D eigenvalue weighted by Crippen LogP contribution is -2.31. The molecule has 0 N–H and O–H groups in total. The summed E-state index contributed by atoms with van der Waals surface area (Å²) in [5.74, 6) is 0. The Bertz CT molecular complexity index is 1200. The summed E-state index contributed by atoms with van der Waals surface area (Å²) in [6.07, 6.45) is 0. The molecule has 0 saturated carbocycles. The first kappa shape index (κ1) is 15.1. The lowest BCUT2D eigenvalue weighted by Gasteiger charge is -2.22. The molecular weight excluding hydrogens is 342 g/mol. The molecule has 0 radical (unpaired) electrons. The van der Waals surface area contributed by atoms with Crippen LogP contribution in [0.1, 0.15) is 0 Å². The molecule has 124 valence electrons. The van der Waals surface area contributed by atoms with Crippen molar-refractivity contribution in [2.45, 2.75) is 29.4 Å². The Morgan fingerprint density at radius 3 is 2.32 bits per heavy atom. The highest BCUT2D eigenvalue weighted by molar-refractivity contribution is 7.86.